The minimum atomic E-state index is -4.58. The second kappa shape index (κ2) is 6.55. The lowest BCUT2D eigenvalue weighted by Gasteiger charge is -2.15. The van der Waals surface area contributed by atoms with Gasteiger partial charge in [-0.3, -0.25) is 9.78 Å². The first kappa shape index (κ1) is 17.3. The number of ketones is 1. The number of Topliss-reactive ketones (excluding diaryl/α,β-unsaturated/α-hetero) is 1. The zero-order chi connectivity index (χ0) is 19.0. The van der Waals surface area contributed by atoms with Crippen LogP contribution in [0.5, 0.6) is 0 Å². The van der Waals surface area contributed by atoms with Crippen molar-refractivity contribution >= 4 is 17.2 Å². The number of hydrogen-bond acceptors (Lipinski definition) is 4. The molecule has 4 rings (SSSR count). The third-order valence-corrected chi connectivity index (χ3v) is 4.27. The van der Waals surface area contributed by atoms with Crippen molar-refractivity contribution in [2.75, 3.05) is 11.9 Å². The summed E-state index contributed by atoms with van der Waals surface area (Å²) in [6.45, 7) is 0.00716. The summed E-state index contributed by atoms with van der Waals surface area (Å²) in [5.74, 6) is -0.292. The Bertz CT molecular complexity index is 997. The molecule has 0 saturated heterocycles. The van der Waals surface area contributed by atoms with E-state index in [1.165, 1.54) is 12.3 Å². The van der Waals surface area contributed by atoms with Crippen molar-refractivity contribution in [2.45, 2.75) is 12.8 Å². The molecule has 2 aromatic heterocycles. The van der Waals surface area contributed by atoms with Crippen molar-refractivity contribution in [3.63, 3.8) is 0 Å². The molecule has 27 heavy (non-hydrogen) atoms. The maximum absolute atomic E-state index is 13.5. The van der Waals surface area contributed by atoms with Crippen LogP contribution in [-0.2, 0) is 17.5 Å². The number of hydrogen-bond donors (Lipinski definition) is 2. The van der Waals surface area contributed by atoms with Crippen molar-refractivity contribution in [3.8, 4) is 11.3 Å². The van der Waals surface area contributed by atoms with Crippen LogP contribution in [0.1, 0.15) is 21.6 Å². The molecule has 0 aliphatic carbocycles. The largest absolute Gasteiger partial charge is 0.418 e. The highest BCUT2D eigenvalue weighted by molar-refractivity contribution is 6.08. The van der Waals surface area contributed by atoms with Crippen molar-refractivity contribution in [1.82, 2.24) is 9.97 Å². The average Bonchev–Trinajstić information content (AvgIpc) is 3.01. The number of rotatable bonds is 3. The first-order chi connectivity index (χ1) is 12.9. The molecule has 0 fully saturated rings. The molecule has 0 radical (unpaired) electrons. The number of carbonyl (C=O) groups is 1. The van der Waals surface area contributed by atoms with Gasteiger partial charge < -0.3 is 15.0 Å². The molecule has 0 bridgehead atoms. The van der Waals surface area contributed by atoms with Gasteiger partial charge in [0.2, 0.25) is 0 Å². The predicted molar refractivity (Wildman–Crippen MR) is 92.7 cm³/mol. The summed E-state index contributed by atoms with van der Waals surface area (Å²) >= 11 is 0. The Morgan fingerprint density at radius 3 is 2.63 bits per heavy atom. The van der Waals surface area contributed by atoms with Crippen LogP contribution in [0.4, 0.5) is 24.5 Å². The lowest BCUT2D eigenvalue weighted by molar-refractivity contribution is -0.137. The topological polar surface area (TPSA) is 67.0 Å². The number of nitrogens with one attached hydrogen (secondary N) is 2. The Hall–Kier alpha value is -3.13. The summed E-state index contributed by atoms with van der Waals surface area (Å²) in [5.41, 5.74) is 0.946. The highest BCUT2D eigenvalue weighted by atomic mass is 19.4. The Kier molecular flexibility index (Phi) is 4.19. The number of carbonyl (C=O) groups excluding carboxylic acids is 1. The van der Waals surface area contributed by atoms with Crippen LogP contribution >= 0.6 is 0 Å². The number of para-hydroxylation sites is 1. The fourth-order valence-corrected chi connectivity index (χ4v) is 3.12. The minimum absolute atomic E-state index is 0.0851. The van der Waals surface area contributed by atoms with Crippen molar-refractivity contribution in [2.24, 2.45) is 0 Å². The van der Waals surface area contributed by atoms with Crippen LogP contribution in [0.3, 0.4) is 0 Å². The number of alkyl halides is 3. The predicted octanol–water partition coefficient (Wildman–Crippen LogP) is 4.55. The zero-order valence-electron chi connectivity index (χ0n) is 13.9. The Morgan fingerprint density at radius 1 is 1.11 bits per heavy atom. The van der Waals surface area contributed by atoms with E-state index in [1.54, 1.807) is 24.3 Å². The number of aromatic amines is 1. The summed E-state index contributed by atoms with van der Waals surface area (Å²) in [7, 11) is 0. The van der Waals surface area contributed by atoms with E-state index in [9.17, 15) is 18.0 Å². The van der Waals surface area contributed by atoms with Gasteiger partial charge in [-0.05, 0) is 18.2 Å². The average molecular weight is 373 g/mol. The van der Waals surface area contributed by atoms with Crippen LogP contribution in [0, 0.1) is 0 Å². The van der Waals surface area contributed by atoms with Gasteiger partial charge in [0.1, 0.15) is 6.61 Å². The van der Waals surface area contributed by atoms with Gasteiger partial charge in [0.15, 0.2) is 5.78 Å². The van der Waals surface area contributed by atoms with Gasteiger partial charge in [0, 0.05) is 23.6 Å². The number of aromatic nitrogens is 2. The molecule has 1 aliphatic heterocycles. The maximum Gasteiger partial charge on any atom is 0.418 e. The summed E-state index contributed by atoms with van der Waals surface area (Å²) in [6.07, 6.45) is -2.52. The number of ether oxygens (including phenoxy) is 1. The standard InChI is InChI=1S/C19H14F3N3O2/c20-19(21,22)13-8-23-7-6-12(13)17-18(24-11-4-2-1-3-5-11)16-14(25-17)9-27-10-15(16)26/h1-8,24-25H,9-10H2. The second-order valence-corrected chi connectivity index (χ2v) is 6.05. The lowest BCUT2D eigenvalue weighted by Crippen LogP contribution is -2.18. The second-order valence-electron chi connectivity index (χ2n) is 6.05. The zero-order valence-corrected chi connectivity index (χ0v) is 13.9. The summed E-state index contributed by atoms with van der Waals surface area (Å²) in [4.78, 5) is 19.0. The van der Waals surface area contributed by atoms with E-state index in [0.717, 1.165) is 6.20 Å². The molecule has 138 valence electrons. The summed E-state index contributed by atoms with van der Waals surface area (Å²) in [6, 6.07) is 10.2. The lowest BCUT2D eigenvalue weighted by atomic mass is 10.0. The first-order valence-electron chi connectivity index (χ1n) is 8.14. The third-order valence-electron chi connectivity index (χ3n) is 4.27. The minimum Gasteiger partial charge on any atom is -0.367 e. The highest BCUT2D eigenvalue weighted by Gasteiger charge is 2.36. The molecule has 0 atom stereocenters. The van der Waals surface area contributed by atoms with Gasteiger partial charge in [-0.25, -0.2) is 0 Å². The van der Waals surface area contributed by atoms with E-state index < -0.39 is 11.7 Å². The molecule has 1 aliphatic rings. The molecule has 5 nitrogen and oxygen atoms in total. The van der Waals surface area contributed by atoms with Crippen LogP contribution in [0.25, 0.3) is 11.3 Å². The number of fused-ring (bicyclic) bond motifs is 1. The Labute approximate surface area is 152 Å². The van der Waals surface area contributed by atoms with Crippen LogP contribution in [0.2, 0.25) is 0 Å². The molecule has 0 amide bonds. The molecular formula is C19H14F3N3O2. The number of halogens is 3. The van der Waals surface area contributed by atoms with E-state index in [2.05, 4.69) is 15.3 Å². The number of anilines is 2. The van der Waals surface area contributed by atoms with E-state index >= 15 is 0 Å². The Balaban J connectivity index is 1.93. The van der Waals surface area contributed by atoms with Crippen LogP contribution in [0.15, 0.2) is 48.8 Å². The molecule has 0 saturated carbocycles. The highest BCUT2D eigenvalue weighted by Crippen LogP contribution is 2.42. The maximum atomic E-state index is 13.5. The van der Waals surface area contributed by atoms with Crippen LogP contribution < -0.4 is 5.32 Å². The van der Waals surface area contributed by atoms with Crippen molar-refractivity contribution < 1.29 is 22.7 Å². The number of pyridine rings is 1. The van der Waals surface area contributed by atoms with E-state index in [0.29, 0.717) is 22.6 Å². The quantitative estimate of drug-likeness (QED) is 0.707. The molecular weight excluding hydrogens is 359 g/mol. The molecule has 2 N–H and O–H groups in total. The number of H-pyrrole nitrogens is 1. The van der Waals surface area contributed by atoms with Gasteiger partial charge in [0.05, 0.1) is 34.8 Å². The Morgan fingerprint density at radius 2 is 1.89 bits per heavy atom. The molecule has 0 unspecified atom stereocenters. The first-order valence-corrected chi connectivity index (χ1v) is 8.14. The van der Waals surface area contributed by atoms with E-state index in [4.69, 9.17) is 4.74 Å². The van der Waals surface area contributed by atoms with Crippen LogP contribution in [-0.4, -0.2) is 22.4 Å². The molecule has 1 aromatic carbocycles. The fourth-order valence-electron chi connectivity index (χ4n) is 3.12. The molecule has 3 aromatic rings. The van der Waals surface area contributed by atoms with Crippen molar-refractivity contribution in [3.05, 3.63) is 65.6 Å². The van der Waals surface area contributed by atoms with E-state index in [1.807, 2.05) is 6.07 Å². The normalized spacial score (nSPS) is 14.1. The van der Waals surface area contributed by atoms with Gasteiger partial charge in [0.25, 0.3) is 0 Å². The smallest absolute Gasteiger partial charge is 0.367 e. The van der Waals surface area contributed by atoms with E-state index in [-0.39, 0.29) is 30.3 Å². The van der Waals surface area contributed by atoms with Gasteiger partial charge in [-0.1, -0.05) is 18.2 Å². The summed E-state index contributed by atoms with van der Waals surface area (Å²) < 4.78 is 45.7. The van der Waals surface area contributed by atoms with Gasteiger partial charge >= 0.3 is 6.18 Å². The molecule has 3 heterocycles. The van der Waals surface area contributed by atoms with Gasteiger partial charge in [-0.15, -0.1) is 0 Å². The van der Waals surface area contributed by atoms with Crippen molar-refractivity contribution in [1.29, 1.82) is 0 Å². The third kappa shape index (κ3) is 3.19. The monoisotopic (exact) mass is 373 g/mol. The van der Waals surface area contributed by atoms with Gasteiger partial charge in [-0.2, -0.15) is 13.2 Å². The molecule has 8 heteroatoms. The molecule has 0 spiro atoms. The SMILES string of the molecule is O=C1COCc2[nH]c(-c3ccncc3C(F)(F)F)c(Nc3ccccc3)c21. The number of benzene rings is 1. The summed E-state index contributed by atoms with van der Waals surface area (Å²) in [5, 5.41) is 3.09. The number of nitrogens with zero attached hydrogens (tertiary/aromatic N) is 1. The fraction of sp³-hybridized carbons (Fsp3) is 0.158.